The van der Waals surface area contributed by atoms with Gasteiger partial charge in [-0.25, -0.2) is 0 Å². The van der Waals surface area contributed by atoms with E-state index in [0.717, 1.165) is 29.4 Å². The molecular weight excluding hydrogens is 378 g/mol. The molecule has 1 amide bonds. The molecule has 4 rings (SSSR count). The molecule has 30 heavy (non-hydrogen) atoms. The molecule has 1 aliphatic heterocycles. The lowest BCUT2D eigenvalue weighted by Crippen LogP contribution is -2.40. The van der Waals surface area contributed by atoms with Gasteiger partial charge < -0.3 is 14.7 Å². The monoisotopic (exact) mass is 405 g/mol. The van der Waals surface area contributed by atoms with Crippen LogP contribution in [0.25, 0.3) is 10.9 Å². The molecule has 2 aromatic carbocycles. The van der Waals surface area contributed by atoms with Crippen molar-refractivity contribution in [2.45, 2.75) is 18.6 Å². The third-order valence-electron chi connectivity index (χ3n) is 5.68. The van der Waals surface area contributed by atoms with Crippen molar-refractivity contribution in [3.63, 3.8) is 0 Å². The number of aromatic nitrogens is 1. The summed E-state index contributed by atoms with van der Waals surface area (Å²) in [5.74, 6) is 0.561. The maximum atomic E-state index is 13.0. The smallest absolute Gasteiger partial charge is 0.260 e. The van der Waals surface area contributed by atoms with Crippen molar-refractivity contribution < 1.29 is 14.6 Å². The van der Waals surface area contributed by atoms with Gasteiger partial charge in [0.25, 0.3) is 5.91 Å². The Hall–Kier alpha value is -2.96. The zero-order valence-electron chi connectivity index (χ0n) is 17.1. The minimum absolute atomic E-state index is 0.0452. The second-order valence-electron chi connectivity index (χ2n) is 7.75. The highest BCUT2D eigenvalue weighted by Crippen LogP contribution is 2.25. The molecule has 0 bridgehead atoms. The number of benzene rings is 2. The predicted molar refractivity (Wildman–Crippen MR) is 116 cm³/mol. The second-order valence-corrected chi connectivity index (χ2v) is 7.75. The molecule has 1 unspecified atom stereocenters. The van der Waals surface area contributed by atoms with Gasteiger partial charge in [0.2, 0.25) is 0 Å². The van der Waals surface area contributed by atoms with Crippen LogP contribution >= 0.6 is 0 Å². The number of pyridine rings is 1. The van der Waals surface area contributed by atoms with Crippen LogP contribution in [0.15, 0.2) is 66.9 Å². The Labute approximate surface area is 176 Å². The Morgan fingerprint density at radius 3 is 2.73 bits per heavy atom. The molecule has 0 spiro atoms. The number of nitrogens with zero attached hydrogens (tertiary/aromatic N) is 3. The van der Waals surface area contributed by atoms with Crippen molar-refractivity contribution in [3.05, 3.63) is 72.4 Å². The van der Waals surface area contributed by atoms with Crippen molar-refractivity contribution in [1.82, 2.24) is 14.8 Å². The lowest BCUT2D eigenvalue weighted by atomic mass is 10.0. The number of aliphatic hydroxyl groups is 1. The van der Waals surface area contributed by atoms with Gasteiger partial charge in [0.05, 0.1) is 17.7 Å². The second kappa shape index (κ2) is 9.24. The van der Waals surface area contributed by atoms with Crippen LogP contribution in [0, 0.1) is 0 Å². The van der Waals surface area contributed by atoms with Gasteiger partial charge in [-0.15, -0.1) is 0 Å². The number of fused-ring (bicyclic) bond motifs is 1. The minimum Gasteiger partial charge on any atom is -0.483 e. The van der Waals surface area contributed by atoms with Crippen LogP contribution in [-0.2, 0) is 4.79 Å². The highest BCUT2D eigenvalue weighted by molar-refractivity contribution is 5.85. The number of likely N-dealkylation sites (tertiary alicyclic amines) is 1. The van der Waals surface area contributed by atoms with E-state index in [-0.39, 0.29) is 24.7 Å². The van der Waals surface area contributed by atoms with Crippen molar-refractivity contribution >= 4 is 16.8 Å². The quantitative estimate of drug-likeness (QED) is 0.655. The van der Waals surface area contributed by atoms with Crippen LogP contribution in [0.4, 0.5) is 0 Å². The molecule has 1 N–H and O–H groups in total. The van der Waals surface area contributed by atoms with Crippen molar-refractivity contribution in [2.24, 2.45) is 0 Å². The largest absolute Gasteiger partial charge is 0.483 e. The number of likely N-dealkylation sites (N-methyl/N-ethyl adjacent to an activating group) is 1. The van der Waals surface area contributed by atoms with Gasteiger partial charge in [-0.1, -0.05) is 42.5 Å². The van der Waals surface area contributed by atoms with E-state index in [1.807, 2.05) is 61.6 Å². The third-order valence-corrected chi connectivity index (χ3v) is 5.68. The standard InChI is InChI=1S/C24H27N3O3/c1-26(22(18-7-3-2-4-8-18)16-27-14-12-19(28)15-27)24(29)17-30-23-11-13-25-21-10-6-5-9-20(21)23/h2-11,13,19,22,28H,12,14-17H2,1H3/t19?,22-/m1/s1. The van der Waals surface area contributed by atoms with Crippen LogP contribution in [0.2, 0.25) is 0 Å². The fourth-order valence-corrected chi connectivity index (χ4v) is 3.96. The number of carbonyl (C=O) groups is 1. The zero-order valence-corrected chi connectivity index (χ0v) is 17.1. The maximum Gasteiger partial charge on any atom is 0.260 e. The molecule has 2 heterocycles. The highest BCUT2D eigenvalue weighted by atomic mass is 16.5. The van der Waals surface area contributed by atoms with Gasteiger partial charge in [0, 0.05) is 38.3 Å². The fourth-order valence-electron chi connectivity index (χ4n) is 3.96. The van der Waals surface area contributed by atoms with Crippen molar-refractivity contribution in [2.75, 3.05) is 33.3 Å². The molecule has 2 atom stereocenters. The van der Waals surface area contributed by atoms with Gasteiger partial charge in [0.15, 0.2) is 6.61 Å². The summed E-state index contributed by atoms with van der Waals surface area (Å²) in [5.41, 5.74) is 1.91. The van der Waals surface area contributed by atoms with Crippen LogP contribution in [-0.4, -0.2) is 65.2 Å². The molecule has 6 heteroatoms. The number of β-amino-alcohol motifs (C(OH)–C–C–N with tert-alkyl or cyclic N) is 1. The number of carbonyl (C=O) groups excluding carboxylic acids is 1. The van der Waals surface area contributed by atoms with E-state index >= 15 is 0 Å². The van der Waals surface area contributed by atoms with E-state index in [0.29, 0.717) is 18.8 Å². The van der Waals surface area contributed by atoms with Crippen LogP contribution in [0.3, 0.4) is 0 Å². The van der Waals surface area contributed by atoms with Gasteiger partial charge in [-0.3, -0.25) is 14.7 Å². The summed E-state index contributed by atoms with van der Waals surface area (Å²) in [6, 6.07) is 19.4. The number of hydrogen-bond acceptors (Lipinski definition) is 5. The lowest BCUT2D eigenvalue weighted by molar-refractivity contribution is -0.134. The van der Waals surface area contributed by atoms with Crippen molar-refractivity contribution in [3.8, 4) is 5.75 Å². The molecule has 6 nitrogen and oxygen atoms in total. The van der Waals surface area contributed by atoms with Crippen LogP contribution in [0.1, 0.15) is 18.0 Å². The summed E-state index contributed by atoms with van der Waals surface area (Å²) >= 11 is 0. The fraction of sp³-hybridized carbons (Fsp3) is 0.333. The Morgan fingerprint density at radius 2 is 1.97 bits per heavy atom. The molecule has 0 saturated carbocycles. The molecular formula is C24H27N3O3. The molecule has 1 saturated heterocycles. The third kappa shape index (κ3) is 4.61. The Bertz CT molecular complexity index is 990. The molecule has 0 radical (unpaired) electrons. The highest BCUT2D eigenvalue weighted by Gasteiger charge is 2.28. The van der Waals surface area contributed by atoms with Gasteiger partial charge in [-0.05, 0) is 30.2 Å². The van der Waals surface area contributed by atoms with E-state index in [2.05, 4.69) is 9.88 Å². The van der Waals surface area contributed by atoms with Gasteiger partial charge in [0.1, 0.15) is 5.75 Å². The number of ether oxygens (including phenoxy) is 1. The first-order chi connectivity index (χ1) is 14.6. The van der Waals surface area contributed by atoms with E-state index < -0.39 is 0 Å². The first-order valence-corrected chi connectivity index (χ1v) is 10.3. The van der Waals surface area contributed by atoms with E-state index in [1.54, 1.807) is 17.2 Å². The first-order valence-electron chi connectivity index (χ1n) is 10.3. The average molecular weight is 405 g/mol. The molecule has 1 aliphatic rings. The lowest BCUT2D eigenvalue weighted by Gasteiger charge is -2.32. The van der Waals surface area contributed by atoms with E-state index in [4.69, 9.17) is 4.74 Å². The summed E-state index contributed by atoms with van der Waals surface area (Å²) < 4.78 is 5.89. The number of para-hydroxylation sites is 1. The number of hydrogen-bond donors (Lipinski definition) is 1. The summed E-state index contributed by atoms with van der Waals surface area (Å²) in [6.07, 6.45) is 2.18. The Kier molecular flexibility index (Phi) is 6.26. The molecule has 1 fully saturated rings. The summed E-state index contributed by atoms with van der Waals surface area (Å²) in [4.78, 5) is 21.3. The Balaban J connectivity index is 1.47. The van der Waals surface area contributed by atoms with Gasteiger partial charge in [-0.2, -0.15) is 0 Å². The predicted octanol–water partition coefficient (Wildman–Crippen LogP) is 2.88. The average Bonchev–Trinajstić information content (AvgIpc) is 3.20. The van der Waals surface area contributed by atoms with Crippen molar-refractivity contribution in [1.29, 1.82) is 0 Å². The number of amides is 1. The SMILES string of the molecule is CN(C(=O)COc1ccnc2ccccc12)[C@H](CN1CCC(O)C1)c1ccccc1. The van der Waals surface area contributed by atoms with Crippen LogP contribution in [0.5, 0.6) is 5.75 Å². The molecule has 0 aliphatic carbocycles. The molecule has 1 aromatic heterocycles. The van der Waals surface area contributed by atoms with E-state index in [1.165, 1.54) is 0 Å². The number of aliphatic hydroxyl groups excluding tert-OH is 1. The maximum absolute atomic E-state index is 13.0. The summed E-state index contributed by atoms with van der Waals surface area (Å²) in [6.45, 7) is 2.12. The zero-order chi connectivity index (χ0) is 20.9. The topological polar surface area (TPSA) is 65.9 Å². The molecule has 3 aromatic rings. The Morgan fingerprint density at radius 1 is 1.20 bits per heavy atom. The van der Waals surface area contributed by atoms with Crippen LogP contribution < -0.4 is 4.74 Å². The normalized spacial score (nSPS) is 17.7. The minimum atomic E-state index is -0.286. The molecule has 156 valence electrons. The number of rotatable bonds is 7. The summed E-state index contributed by atoms with van der Waals surface area (Å²) in [5, 5.41) is 10.8. The summed E-state index contributed by atoms with van der Waals surface area (Å²) in [7, 11) is 1.82. The van der Waals surface area contributed by atoms with E-state index in [9.17, 15) is 9.90 Å². The van der Waals surface area contributed by atoms with Gasteiger partial charge >= 0.3 is 0 Å². The first kappa shape index (κ1) is 20.3.